The molecule has 0 aromatic rings. The van der Waals surface area contributed by atoms with Gasteiger partial charge in [0.2, 0.25) is 5.91 Å². The highest BCUT2D eigenvalue weighted by Gasteiger charge is 2.28. The lowest BCUT2D eigenvalue weighted by molar-refractivity contribution is -0.137. The molecule has 2 saturated heterocycles. The van der Waals surface area contributed by atoms with Crippen LogP contribution in [0, 0.1) is 11.8 Å². The summed E-state index contributed by atoms with van der Waals surface area (Å²) in [6, 6.07) is 0. The van der Waals surface area contributed by atoms with Crippen LogP contribution in [0.15, 0.2) is 0 Å². The average Bonchev–Trinajstić information content (AvgIpc) is 2.40. The smallest absolute Gasteiger partial charge is 0.226 e. The molecule has 1 N–H and O–H groups in total. The maximum Gasteiger partial charge on any atom is 0.226 e. The van der Waals surface area contributed by atoms with Crippen molar-refractivity contribution in [2.45, 2.75) is 25.7 Å². The maximum absolute atomic E-state index is 12.3. The van der Waals surface area contributed by atoms with Gasteiger partial charge in [0.05, 0.1) is 5.92 Å². The SMILES string of the molecule is COCC1CCN(C(=O)C2CCCNC2)CC1. The summed E-state index contributed by atoms with van der Waals surface area (Å²) in [5.74, 6) is 1.24. The molecule has 2 rings (SSSR count). The van der Waals surface area contributed by atoms with Crippen LogP contribution < -0.4 is 5.32 Å². The molecule has 1 amide bonds. The Morgan fingerprint density at radius 3 is 2.71 bits per heavy atom. The number of amides is 1. The van der Waals surface area contributed by atoms with Crippen molar-refractivity contribution in [1.29, 1.82) is 0 Å². The number of carbonyl (C=O) groups excluding carboxylic acids is 1. The van der Waals surface area contributed by atoms with Crippen molar-refractivity contribution in [2.24, 2.45) is 11.8 Å². The first-order valence-electron chi connectivity index (χ1n) is 6.79. The number of ether oxygens (including phenoxy) is 1. The van der Waals surface area contributed by atoms with E-state index in [0.717, 1.165) is 58.5 Å². The normalized spacial score (nSPS) is 27.1. The minimum Gasteiger partial charge on any atom is -0.384 e. The number of carbonyl (C=O) groups is 1. The van der Waals surface area contributed by atoms with Gasteiger partial charge < -0.3 is 15.0 Å². The van der Waals surface area contributed by atoms with Crippen molar-refractivity contribution < 1.29 is 9.53 Å². The van der Waals surface area contributed by atoms with E-state index < -0.39 is 0 Å². The van der Waals surface area contributed by atoms with Crippen LogP contribution in [0.5, 0.6) is 0 Å². The second kappa shape index (κ2) is 6.36. The predicted molar refractivity (Wildman–Crippen MR) is 66.8 cm³/mol. The van der Waals surface area contributed by atoms with E-state index in [-0.39, 0.29) is 5.92 Å². The number of nitrogens with one attached hydrogen (secondary N) is 1. The zero-order valence-electron chi connectivity index (χ0n) is 10.8. The lowest BCUT2D eigenvalue weighted by Crippen LogP contribution is -2.46. The van der Waals surface area contributed by atoms with E-state index >= 15 is 0 Å². The molecule has 0 bridgehead atoms. The van der Waals surface area contributed by atoms with Crippen LogP contribution in [0.2, 0.25) is 0 Å². The molecular weight excluding hydrogens is 216 g/mol. The molecule has 2 fully saturated rings. The van der Waals surface area contributed by atoms with Gasteiger partial charge in [-0.15, -0.1) is 0 Å². The maximum atomic E-state index is 12.3. The van der Waals surface area contributed by atoms with Crippen LogP contribution in [0.25, 0.3) is 0 Å². The fourth-order valence-electron chi connectivity index (χ4n) is 2.88. The molecule has 4 nitrogen and oxygen atoms in total. The molecule has 2 aliphatic heterocycles. The Kier molecular flexibility index (Phi) is 4.80. The second-order valence-electron chi connectivity index (χ2n) is 5.27. The Balaban J connectivity index is 1.77. The van der Waals surface area contributed by atoms with Crippen LogP contribution in [-0.2, 0) is 9.53 Å². The number of hydrogen-bond donors (Lipinski definition) is 1. The molecule has 2 aliphatic rings. The summed E-state index contributed by atoms with van der Waals surface area (Å²) >= 11 is 0. The number of piperidine rings is 2. The van der Waals surface area contributed by atoms with Gasteiger partial charge in [-0.1, -0.05) is 0 Å². The lowest BCUT2D eigenvalue weighted by atomic mass is 9.94. The van der Waals surface area contributed by atoms with E-state index in [1.54, 1.807) is 7.11 Å². The second-order valence-corrected chi connectivity index (χ2v) is 5.27. The minimum atomic E-state index is 0.225. The van der Waals surface area contributed by atoms with Gasteiger partial charge in [0, 0.05) is 33.4 Å². The van der Waals surface area contributed by atoms with E-state index in [9.17, 15) is 4.79 Å². The number of hydrogen-bond acceptors (Lipinski definition) is 3. The fourth-order valence-corrected chi connectivity index (χ4v) is 2.88. The van der Waals surface area contributed by atoms with Crippen LogP contribution in [0.3, 0.4) is 0 Å². The molecule has 0 aromatic heterocycles. The molecule has 0 saturated carbocycles. The van der Waals surface area contributed by atoms with E-state index in [2.05, 4.69) is 10.2 Å². The van der Waals surface area contributed by atoms with Gasteiger partial charge in [0.25, 0.3) is 0 Å². The zero-order valence-corrected chi connectivity index (χ0v) is 10.8. The number of nitrogens with zero attached hydrogens (tertiary/aromatic N) is 1. The average molecular weight is 240 g/mol. The van der Waals surface area contributed by atoms with E-state index in [1.807, 2.05) is 0 Å². The number of methoxy groups -OCH3 is 1. The molecule has 4 heteroatoms. The molecule has 98 valence electrons. The largest absolute Gasteiger partial charge is 0.384 e. The van der Waals surface area contributed by atoms with Gasteiger partial charge in [-0.05, 0) is 38.1 Å². The third-order valence-electron chi connectivity index (χ3n) is 3.97. The highest BCUT2D eigenvalue weighted by atomic mass is 16.5. The Labute approximate surface area is 104 Å². The topological polar surface area (TPSA) is 41.6 Å². The summed E-state index contributed by atoms with van der Waals surface area (Å²) in [7, 11) is 1.76. The highest BCUT2D eigenvalue weighted by molar-refractivity contribution is 5.79. The molecule has 1 unspecified atom stereocenters. The monoisotopic (exact) mass is 240 g/mol. The van der Waals surface area contributed by atoms with Crippen molar-refractivity contribution in [3.8, 4) is 0 Å². The van der Waals surface area contributed by atoms with Crippen molar-refractivity contribution in [3.05, 3.63) is 0 Å². The van der Waals surface area contributed by atoms with Crippen molar-refractivity contribution in [1.82, 2.24) is 10.2 Å². The Hall–Kier alpha value is -0.610. The third-order valence-corrected chi connectivity index (χ3v) is 3.97. The Bertz CT molecular complexity index is 244. The molecule has 0 aliphatic carbocycles. The van der Waals surface area contributed by atoms with Gasteiger partial charge in [-0.2, -0.15) is 0 Å². The van der Waals surface area contributed by atoms with Gasteiger partial charge in [-0.25, -0.2) is 0 Å². The van der Waals surface area contributed by atoms with Gasteiger partial charge in [0.15, 0.2) is 0 Å². The lowest BCUT2D eigenvalue weighted by Gasteiger charge is -2.35. The molecule has 17 heavy (non-hydrogen) atoms. The van der Waals surface area contributed by atoms with Crippen LogP contribution in [0.1, 0.15) is 25.7 Å². The third kappa shape index (κ3) is 3.42. The molecule has 1 atom stereocenters. The van der Waals surface area contributed by atoms with Crippen molar-refractivity contribution in [3.63, 3.8) is 0 Å². The fraction of sp³-hybridized carbons (Fsp3) is 0.923. The van der Waals surface area contributed by atoms with Gasteiger partial charge in [-0.3, -0.25) is 4.79 Å². The summed E-state index contributed by atoms with van der Waals surface area (Å²) in [5.41, 5.74) is 0. The molecule has 0 aromatic carbocycles. The zero-order chi connectivity index (χ0) is 12.1. The first-order valence-corrected chi connectivity index (χ1v) is 6.79. The summed E-state index contributed by atoms with van der Waals surface area (Å²) in [6.07, 6.45) is 4.39. The molecular formula is C13H24N2O2. The molecule has 0 radical (unpaired) electrons. The molecule has 0 spiro atoms. The van der Waals surface area contributed by atoms with Gasteiger partial charge >= 0.3 is 0 Å². The first kappa shape index (κ1) is 12.8. The predicted octanol–water partition coefficient (Wildman–Crippen LogP) is 0.871. The number of likely N-dealkylation sites (tertiary alicyclic amines) is 1. The standard InChI is InChI=1S/C13H24N2O2/c1-17-10-11-4-7-15(8-5-11)13(16)12-3-2-6-14-9-12/h11-12,14H,2-10H2,1H3. The van der Waals surface area contributed by atoms with Crippen molar-refractivity contribution in [2.75, 3.05) is 39.9 Å². The van der Waals surface area contributed by atoms with E-state index in [4.69, 9.17) is 4.74 Å². The Morgan fingerprint density at radius 2 is 2.12 bits per heavy atom. The highest BCUT2D eigenvalue weighted by Crippen LogP contribution is 2.21. The summed E-state index contributed by atoms with van der Waals surface area (Å²) in [5, 5.41) is 3.32. The molecule has 2 heterocycles. The number of rotatable bonds is 3. The van der Waals surface area contributed by atoms with E-state index in [1.165, 1.54) is 0 Å². The summed E-state index contributed by atoms with van der Waals surface area (Å²) < 4.78 is 5.18. The Morgan fingerprint density at radius 1 is 1.35 bits per heavy atom. The van der Waals surface area contributed by atoms with Gasteiger partial charge in [0.1, 0.15) is 0 Å². The first-order chi connectivity index (χ1) is 8.31. The van der Waals surface area contributed by atoms with Crippen molar-refractivity contribution >= 4 is 5.91 Å². The van der Waals surface area contributed by atoms with Crippen LogP contribution in [-0.4, -0.2) is 50.7 Å². The quantitative estimate of drug-likeness (QED) is 0.796. The van der Waals surface area contributed by atoms with Crippen LogP contribution >= 0.6 is 0 Å². The summed E-state index contributed by atoms with van der Waals surface area (Å²) in [4.78, 5) is 14.3. The minimum absolute atomic E-state index is 0.225. The summed E-state index contributed by atoms with van der Waals surface area (Å²) in [6.45, 7) is 4.62. The van der Waals surface area contributed by atoms with Crippen LogP contribution in [0.4, 0.5) is 0 Å². The van der Waals surface area contributed by atoms with E-state index in [0.29, 0.717) is 11.8 Å².